The maximum absolute atomic E-state index is 5.26. The van der Waals surface area contributed by atoms with E-state index in [0.29, 0.717) is 0 Å². The number of hydrogen-bond donors (Lipinski definition) is 1. The highest BCUT2D eigenvalue weighted by atomic mass is 79.9. The van der Waals surface area contributed by atoms with Gasteiger partial charge in [0.2, 0.25) is 0 Å². The van der Waals surface area contributed by atoms with Crippen molar-refractivity contribution in [2.45, 2.75) is 19.4 Å². The number of rotatable bonds is 5. The molecule has 0 radical (unpaired) electrons. The van der Waals surface area contributed by atoms with Gasteiger partial charge in [-0.05, 0) is 71.2 Å². The van der Waals surface area contributed by atoms with E-state index >= 15 is 0 Å². The quantitative estimate of drug-likeness (QED) is 0.905. The molecule has 20 heavy (non-hydrogen) atoms. The SMILES string of the molecule is CNC(Cc1ccc(OC)c(Br)c1)c1ccncc1C. The molecular weight excluding hydrogens is 316 g/mol. The predicted octanol–water partition coefficient (Wildman–Crippen LogP) is 3.66. The molecule has 1 atom stereocenters. The molecule has 2 rings (SSSR count). The topological polar surface area (TPSA) is 34.1 Å². The Morgan fingerprint density at radius 3 is 2.75 bits per heavy atom. The summed E-state index contributed by atoms with van der Waals surface area (Å²) in [6.45, 7) is 2.09. The predicted molar refractivity (Wildman–Crippen MR) is 85.2 cm³/mol. The molecule has 1 aromatic carbocycles. The van der Waals surface area contributed by atoms with Crippen molar-refractivity contribution in [1.29, 1.82) is 0 Å². The molecule has 0 aliphatic carbocycles. The number of aromatic nitrogens is 1. The lowest BCUT2D eigenvalue weighted by Crippen LogP contribution is -2.20. The molecule has 3 nitrogen and oxygen atoms in total. The maximum atomic E-state index is 5.26. The van der Waals surface area contributed by atoms with E-state index in [1.807, 2.05) is 25.5 Å². The van der Waals surface area contributed by atoms with Crippen molar-refractivity contribution < 1.29 is 4.74 Å². The molecule has 1 heterocycles. The second-order valence-electron chi connectivity index (χ2n) is 4.75. The van der Waals surface area contributed by atoms with Gasteiger partial charge in [-0.25, -0.2) is 0 Å². The molecule has 4 heteroatoms. The molecular formula is C16H19BrN2O. The van der Waals surface area contributed by atoms with Gasteiger partial charge in [0.25, 0.3) is 0 Å². The maximum Gasteiger partial charge on any atom is 0.133 e. The van der Waals surface area contributed by atoms with Gasteiger partial charge < -0.3 is 10.1 Å². The lowest BCUT2D eigenvalue weighted by molar-refractivity contribution is 0.412. The second-order valence-corrected chi connectivity index (χ2v) is 5.60. The lowest BCUT2D eigenvalue weighted by Gasteiger charge is -2.19. The summed E-state index contributed by atoms with van der Waals surface area (Å²) in [5.74, 6) is 0.856. The zero-order valence-electron chi connectivity index (χ0n) is 12.0. The van der Waals surface area contributed by atoms with Gasteiger partial charge in [0, 0.05) is 18.4 Å². The molecule has 1 unspecified atom stereocenters. The van der Waals surface area contributed by atoms with E-state index in [-0.39, 0.29) is 6.04 Å². The summed E-state index contributed by atoms with van der Waals surface area (Å²) in [5.41, 5.74) is 3.75. The molecule has 0 aliphatic rings. The first-order valence-corrected chi connectivity index (χ1v) is 7.35. The Hall–Kier alpha value is -1.39. The summed E-state index contributed by atoms with van der Waals surface area (Å²) in [4.78, 5) is 4.15. The largest absolute Gasteiger partial charge is 0.496 e. The Morgan fingerprint density at radius 2 is 2.15 bits per heavy atom. The number of nitrogens with zero attached hydrogens (tertiary/aromatic N) is 1. The molecule has 0 saturated carbocycles. The van der Waals surface area contributed by atoms with E-state index in [9.17, 15) is 0 Å². The van der Waals surface area contributed by atoms with E-state index in [4.69, 9.17) is 4.74 Å². The molecule has 106 valence electrons. The van der Waals surface area contributed by atoms with Crippen LogP contribution >= 0.6 is 15.9 Å². The van der Waals surface area contributed by atoms with Gasteiger partial charge in [-0.3, -0.25) is 4.98 Å². The number of pyridine rings is 1. The summed E-state index contributed by atoms with van der Waals surface area (Å²) >= 11 is 3.53. The Morgan fingerprint density at radius 1 is 1.35 bits per heavy atom. The Balaban J connectivity index is 2.23. The van der Waals surface area contributed by atoms with Crippen LogP contribution in [0.5, 0.6) is 5.75 Å². The van der Waals surface area contributed by atoms with E-state index in [2.05, 4.69) is 51.4 Å². The molecule has 0 fully saturated rings. The minimum Gasteiger partial charge on any atom is -0.496 e. The van der Waals surface area contributed by atoms with Crippen LogP contribution in [0.25, 0.3) is 0 Å². The first-order valence-electron chi connectivity index (χ1n) is 6.56. The second kappa shape index (κ2) is 6.86. The highest BCUT2D eigenvalue weighted by Gasteiger charge is 2.13. The minimum absolute atomic E-state index is 0.276. The summed E-state index contributed by atoms with van der Waals surface area (Å²) in [6.07, 6.45) is 4.67. The van der Waals surface area contributed by atoms with Gasteiger partial charge in [-0.1, -0.05) is 6.07 Å². The molecule has 0 aliphatic heterocycles. The number of hydrogen-bond acceptors (Lipinski definition) is 3. The first kappa shape index (κ1) is 15.0. The number of methoxy groups -OCH3 is 1. The molecule has 0 amide bonds. The zero-order chi connectivity index (χ0) is 14.5. The molecule has 0 saturated heterocycles. The van der Waals surface area contributed by atoms with Crippen molar-refractivity contribution in [2.24, 2.45) is 0 Å². The van der Waals surface area contributed by atoms with E-state index in [1.165, 1.54) is 16.7 Å². The van der Waals surface area contributed by atoms with Gasteiger partial charge in [-0.15, -0.1) is 0 Å². The summed E-state index contributed by atoms with van der Waals surface area (Å²) in [7, 11) is 3.67. The monoisotopic (exact) mass is 334 g/mol. The number of aryl methyl sites for hydroxylation is 1. The third kappa shape index (κ3) is 3.38. The standard InChI is InChI=1S/C16H19BrN2O/c1-11-10-19-7-6-13(11)15(18-2)9-12-4-5-16(20-3)14(17)8-12/h4-8,10,15,18H,9H2,1-3H3. The van der Waals surface area contributed by atoms with Crippen LogP contribution in [0.3, 0.4) is 0 Å². The first-order chi connectivity index (χ1) is 9.65. The van der Waals surface area contributed by atoms with Crippen molar-refractivity contribution in [2.75, 3.05) is 14.2 Å². The number of halogens is 1. The van der Waals surface area contributed by atoms with Crippen LogP contribution in [0.2, 0.25) is 0 Å². The minimum atomic E-state index is 0.276. The zero-order valence-corrected chi connectivity index (χ0v) is 13.6. The number of likely N-dealkylation sites (N-methyl/N-ethyl adjacent to an activating group) is 1. The Labute approximate surface area is 128 Å². The average molecular weight is 335 g/mol. The van der Waals surface area contributed by atoms with Crippen molar-refractivity contribution in [3.05, 3.63) is 57.8 Å². The van der Waals surface area contributed by atoms with Gasteiger partial charge in [0.05, 0.1) is 11.6 Å². The van der Waals surface area contributed by atoms with Gasteiger partial charge >= 0.3 is 0 Å². The Bertz CT molecular complexity index is 586. The van der Waals surface area contributed by atoms with Gasteiger partial charge in [0.1, 0.15) is 5.75 Å². The third-order valence-corrected chi connectivity index (χ3v) is 4.06. The van der Waals surface area contributed by atoms with Gasteiger partial charge in [-0.2, -0.15) is 0 Å². The molecule has 0 spiro atoms. The van der Waals surface area contributed by atoms with Crippen LogP contribution in [-0.2, 0) is 6.42 Å². The molecule has 0 bridgehead atoms. The van der Waals surface area contributed by atoms with Crippen LogP contribution in [0.1, 0.15) is 22.7 Å². The summed E-state index contributed by atoms with van der Waals surface area (Å²) in [6, 6.07) is 8.56. The normalized spacial score (nSPS) is 12.2. The van der Waals surface area contributed by atoms with Crippen molar-refractivity contribution in [3.63, 3.8) is 0 Å². The number of nitrogens with one attached hydrogen (secondary N) is 1. The lowest BCUT2D eigenvalue weighted by atomic mass is 9.97. The molecule has 2 aromatic rings. The van der Waals surface area contributed by atoms with E-state index in [0.717, 1.165) is 16.6 Å². The van der Waals surface area contributed by atoms with Crippen molar-refractivity contribution in [1.82, 2.24) is 10.3 Å². The third-order valence-electron chi connectivity index (χ3n) is 3.44. The fraction of sp³-hybridized carbons (Fsp3) is 0.312. The van der Waals surface area contributed by atoms with Crippen molar-refractivity contribution >= 4 is 15.9 Å². The van der Waals surface area contributed by atoms with E-state index < -0.39 is 0 Å². The van der Waals surface area contributed by atoms with Crippen LogP contribution in [0.4, 0.5) is 0 Å². The van der Waals surface area contributed by atoms with Crippen LogP contribution in [0, 0.1) is 6.92 Å². The average Bonchev–Trinajstić information content (AvgIpc) is 2.46. The highest BCUT2D eigenvalue weighted by molar-refractivity contribution is 9.10. The summed E-state index contributed by atoms with van der Waals surface area (Å²) in [5, 5.41) is 3.38. The van der Waals surface area contributed by atoms with Crippen LogP contribution < -0.4 is 10.1 Å². The number of ether oxygens (including phenoxy) is 1. The van der Waals surface area contributed by atoms with Crippen LogP contribution in [0.15, 0.2) is 41.1 Å². The fourth-order valence-corrected chi connectivity index (χ4v) is 2.90. The molecule has 1 N–H and O–H groups in total. The van der Waals surface area contributed by atoms with Gasteiger partial charge in [0.15, 0.2) is 0 Å². The highest BCUT2D eigenvalue weighted by Crippen LogP contribution is 2.28. The number of benzene rings is 1. The van der Waals surface area contributed by atoms with E-state index in [1.54, 1.807) is 7.11 Å². The smallest absolute Gasteiger partial charge is 0.133 e. The fourth-order valence-electron chi connectivity index (χ4n) is 2.32. The van der Waals surface area contributed by atoms with Crippen molar-refractivity contribution in [3.8, 4) is 5.75 Å². The Kier molecular flexibility index (Phi) is 5.15. The molecule has 1 aromatic heterocycles. The summed E-state index contributed by atoms with van der Waals surface area (Å²) < 4.78 is 6.25. The van der Waals surface area contributed by atoms with Crippen LogP contribution in [-0.4, -0.2) is 19.1 Å².